The molecule has 1 aliphatic rings. The second-order valence-electron chi connectivity index (χ2n) is 8.47. The second kappa shape index (κ2) is 9.69. The van der Waals surface area contributed by atoms with Crippen molar-refractivity contribution < 1.29 is 18.0 Å². The topological polar surface area (TPSA) is 95.6 Å². The molecule has 0 aromatic heterocycles. The van der Waals surface area contributed by atoms with Gasteiger partial charge in [0.2, 0.25) is 5.91 Å². The van der Waals surface area contributed by atoms with E-state index in [-0.39, 0.29) is 16.7 Å². The molecular formula is C26H27N3O4S. The third kappa shape index (κ3) is 5.28. The Morgan fingerprint density at radius 2 is 1.59 bits per heavy atom. The maximum Gasteiger partial charge on any atom is 0.261 e. The second-order valence-corrected chi connectivity index (χ2v) is 10.1. The van der Waals surface area contributed by atoms with Gasteiger partial charge in [0.15, 0.2) is 0 Å². The van der Waals surface area contributed by atoms with Crippen molar-refractivity contribution >= 4 is 33.2 Å². The van der Waals surface area contributed by atoms with Gasteiger partial charge >= 0.3 is 0 Å². The molecule has 4 rings (SSSR count). The van der Waals surface area contributed by atoms with E-state index in [1.165, 1.54) is 12.1 Å². The van der Waals surface area contributed by atoms with Crippen LogP contribution in [0.25, 0.3) is 0 Å². The fourth-order valence-corrected chi connectivity index (χ4v) is 5.15. The van der Waals surface area contributed by atoms with E-state index in [2.05, 4.69) is 10.0 Å². The van der Waals surface area contributed by atoms with E-state index in [1.54, 1.807) is 24.3 Å². The molecule has 2 amide bonds. The summed E-state index contributed by atoms with van der Waals surface area (Å²) in [4.78, 5) is 26.3. The minimum Gasteiger partial charge on any atom is -0.338 e. The number of hydrogen-bond donors (Lipinski definition) is 2. The van der Waals surface area contributed by atoms with Crippen LogP contribution in [0.2, 0.25) is 0 Å². The summed E-state index contributed by atoms with van der Waals surface area (Å²) in [6, 6.07) is 18.7. The number of rotatable bonds is 7. The molecule has 1 heterocycles. The summed E-state index contributed by atoms with van der Waals surface area (Å²) in [6.07, 6.45) is 1.49. The van der Waals surface area contributed by atoms with E-state index >= 15 is 0 Å². The van der Waals surface area contributed by atoms with Gasteiger partial charge in [-0.05, 0) is 73.4 Å². The van der Waals surface area contributed by atoms with E-state index in [4.69, 9.17) is 0 Å². The summed E-state index contributed by atoms with van der Waals surface area (Å²) >= 11 is 0. The molecule has 0 unspecified atom stereocenters. The molecule has 0 saturated carbocycles. The van der Waals surface area contributed by atoms with Crippen LogP contribution >= 0.6 is 0 Å². The van der Waals surface area contributed by atoms with Crippen LogP contribution in [0.1, 0.15) is 39.9 Å². The van der Waals surface area contributed by atoms with Crippen LogP contribution in [0.15, 0.2) is 71.6 Å². The Kier molecular flexibility index (Phi) is 6.70. The Morgan fingerprint density at radius 1 is 0.941 bits per heavy atom. The number of hydrogen-bond acceptors (Lipinski definition) is 4. The molecule has 3 aromatic carbocycles. The number of likely N-dealkylation sites (tertiary alicyclic amines) is 1. The predicted molar refractivity (Wildman–Crippen MR) is 132 cm³/mol. The number of nitrogens with zero attached hydrogens (tertiary/aromatic N) is 1. The Labute approximate surface area is 199 Å². The van der Waals surface area contributed by atoms with Crippen LogP contribution in [0.4, 0.5) is 11.4 Å². The average molecular weight is 478 g/mol. The molecule has 7 nitrogen and oxygen atoms in total. The van der Waals surface area contributed by atoms with Crippen LogP contribution < -0.4 is 10.0 Å². The zero-order valence-electron chi connectivity index (χ0n) is 19.2. The van der Waals surface area contributed by atoms with Crippen LogP contribution in [0, 0.1) is 13.8 Å². The molecule has 0 atom stereocenters. The van der Waals surface area contributed by atoms with Crippen LogP contribution in [-0.4, -0.2) is 31.7 Å². The smallest absolute Gasteiger partial charge is 0.261 e. The van der Waals surface area contributed by atoms with Gasteiger partial charge < -0.3 is 10.2 Å². The van der Waals surface area contributed by atoms with Crippen molar-refractivity contribution in [3.05, 3.63) is 89.0 Å². The molecule has 0 bridgehead atoms. The van der Waals surface area contributed by atoms with Crippen molar-refractivity contribution in [1.29, 1.82) is 0 Å². The zero-order chi connectivity index (χ0) is 24.3. The molecule has 0 radical (unpaired) electrons. The zero-order valence-corrected chi connectivity index (χ0v) is 20.0. The molecule has 0 aliphatic carbocycles. The molecule has 0 spiro atoms. The first-order valence-corrected chi connectivity index (χ1v) is 12.6. The number of sulfonamides is 1. The molecule has 3 aromatic rings. The number of carbonyl (C=O) groups is 2. The first-order chi connectivity index (χ1) is 16.2. The first kappa shape index (κ1) is 23.5. The fraction of sp³-hybridized carbons (Fsp3) is 0.231. The lowest BCUT2D eigenvalue weighted by Gasteiger charge is -2.15. The lowest BCUT2D eigenvalue weighted by atomic mass is 10.1. The standard InChI is InChI=1S/C26H27N3O4S/c1-18-5-3-6-19(2)25(18)28-34(32,33)23-14-12-22(13-15-23)27-26(31)21-10-8-20(9-11-21)17-29-16-4-7-24(29)30/h3,5-6,8-15,28H,4,7,16-17H2,1-2H3,(H,27,31). The highest BCUT2D eigenvalue weighted by molar-refractivity contribution is 7.92. The lowest BCUT2D eigenvalue weighted by Crippen LogP contribution is -2.23. The van der Waals surface area contributed by atoms with Gasteiger partial charge in [-0.2, -0.15) is 0 Å². The lowest BCUT2D eigenvalue weighted by molar-refractivity contribution is -0.128. The van der Waals surface area contributed by atoms with Crippen molar-refractivity contribution in [2.24, 2.45) is 0 Å². The third-order valence-electron chi connectivity index (χ3n) is 5.90. The molecule has 1 fully saturated rings. The summed E-state index contributed by atoms with van der Waals surface area (Å²) in [7, 11) is -3.77. The number of nitrogens with one attached hydrogen (secondary N) is 2. The number of benzene rings is 3. The summed E-state index contributed by atoms with van der Waals surface area (Å²) in [5, 5.41) is 2.79. The average Bonchev–Trinajstić information content (AvgIpc) is 3.21. The van der Waals surface area contributed by atoms with Crippen LogP contribution in [0.3, 0.4) is 0 Å². The van der Waals surface area contributed by atoms with Gasteiger partial charge in [-0.3, -0.25) is 14.3 Å². The monoisotopic (exact) mass is 477 g/mol. The highest BCUT2D eigenvalue weighted by Crippen LogP contribution is 2.24. The number of para-hydroxylation sites is 1. The van der Waals surface area contributed by atoms with Crippen molar-refractivity contribution in [2.45, 2.75) is 38.1 Å². The predicted octanol–water partition coefficient (Wildman–Crippen LogP) is 4.48. The van der Waals surface area contributed by atoms with Gasteiger partial charge in [-0.1, -0.05) is 30.3 Å². The van der Waals surface area contributed by atoms with Gasteiger partial charge in [0.1, 0.15) is 0 Å². The number of carbonyl (C=O) groups excluding carboxylic acids is 2. The first-order valence-electron chi connectivity index (χ1n) is 11.1. The van der Waals surface area contributed by atoms with Gasteiger partial charge in [-0.15, -0.1) is 0 Å². The van der Waals surface area contributed by atoms with Gasteiger partial charge in [0, 0.05) is 30.8 Å². The normalized spacial score (nSPS) is 13.7. The van der Waals surface area contributed by atoms with Crippen molar-refractivity contribution in [1.82, 2.24) is 4.90 Å². The Balaban J connectivity index is 1.40. The molecule has 1 aliphatic heterocycles. The Bertz CT molecular complexity index is 1300. The van der Waals surface area contributed by atoms with E-state index in [9.17, 15) is 18.0 Å². The molecule has 2 N–H and O–H groups in total. The van der Waals surface area contributed by atoms with Crippen molar-refractivity contribution in [3.63, 3.8) is 0 Å². The van der Waals surface area contributed by atoms with Crippen LogP contribution in [-0.2, 0) is 21.4 Å². The highest BCUT2D eigenvalue weighted by Gasteiger charge is 2.20. The fourth-order valence-electron chi connectivity index (χ4n) is 3.94. The van der Waals surface area contributed by atoms with Gasteiger partial charge in [0.05, 0.1) is 10.6 Å². The number of aryl methyl sites for hydroxylation is 2. The minimum absolute atomic E-state index is 0.106. The molecule has 34 heavy (non-hydrogen) atoms. The number of amides is 2. The maximum atomic E-state index is 12.8. The summed E-state index contributed by atoms with van der Waals surface area (Å²) < 4.78 is 28.3. The molecule has 1 saturated heterocycles. The number of anilines is 2. The SMILES string of the molecule is Cc1cccc(C)c1NS(=O)(=O)c1ccc(NC(=O)c2ccc(CN3CCCC3=O)cc2)cc1. The van der Waals surface area contributed by atoms with Gasteiger partial charge in [-0.25, -0.2) is 8.42 Å². The quantitative estimate of drug-likeness (QED) is 0.525. The molecular weight excluding hydrogens is 450 g/mol. The van der Waals surface area contributed by atoms with Crippen LogP contribution in [0.5, 0.6) is 0 Å². The van der Waals surface area contributed by atoms with E-state index in [1.807, 2.05) is 49.1 Å². The largest absolute Gasteiger partial charge is 0.338 e. The Hall–Kier alpha value is -3.65. The minimum atomic E-state index is -3.77. The van der Waals surface area contributed by atoms with Crippen molar-refractivity contribution in [3.8, 4) is 0 Å². The van der Waals surface area contributed by atoms with Crippen molar-refractivity contribution in [2.75, 3.05) is 16.6 Å². The van der Waals surface area contributed by atoms with E-state index in [0.29, 0.717) is 29.9 Å². The van der Waals surface area contributed by atoms with Gasteiger partial charge in [0.25, 0.3) is 15.9 Å². The maximum absolute atomic E-state index is 12.8. The van der Waals surface area contributed by atoms with E-state index < -0.39 is 10.0 Å². The highest BCUT2D eigenvalue weighted by atomic mass is 32.2. The summed E-state index contributed by atoms with van der Waals surface area (Å²) in [6.45, 7) is 5.02. The summed E-state index contributed by atoms with van der Waals surface area (Å²) in [5.41, 5.74) is 4.18. The summed E-state index contributed by atoms with van der Waals surface area (Å²) in [5.74, 6) is -0.135. The Morgan fingerprint density at radius 3 is 2.18 bits per heavy atom. The van der Waals surface area contributed by atoms with E-state index in [0.717, 1.165) is 29.7 Å². The molecule has 176 valence electrons. The molecule has 8 heteroatoms. The third-order valence-corrected chi connectivity index (χ3v) is 7.27.